The molecule has 8 heteroatoms. The molecule has 4 rings (SSSR count). The van der Waals surface area contributed by atoms with Crippen LogP contribution >= 0.6 is 11.6 Å². The van der Waals surface area contributed by atoms with Crippen molar-refractivity contribution >= 4 is 35.0 Å². The zero-order valence-corrected chi connectivity index (χ0v) is 19.1. The zero-order valence-electron chi connectivity index (χ0n) is 18.3. The Balaban J connectivity index is 1.87. The molecule has 3 atom stereocenters. The summed E-state index contributed by atoms with van der Waals surface area (Å²) in [4.78, 5) is 43.7. The Bertz CT molecular complexity index is 1060. The minimum atomic E-state index is -1.23. The number of para-hydroxylation sites is 1. The number of rotatable bonds is 5. The second-order valence-electron chi connectivity index (χ2n) is 8.28. The fraction of sp³-hybridized carbons (Fsp3) is 0.375. The maximum absolute atomic E-state index is 14.0. The average molecular weight is 456 g/mol. The number of methoxy groups -OCH3 is 1. The minimum absolute atomic E-state index is 0.139. The van der Waals surface area contributed by atoms with Gasteiger partial charge in [-0.1, -0.05) is 29.8 Å². The number of likely N-dealkylation sites (tertiary alicyclic amines) is 1. The Kier molecular flexibility index (Phi) is 5.97. The number of benzene rings is 2. The largest absolute Gasteiger partial charge is 0.383 e. The van der Waals surface area contributed by atoms with Gasteiger partial charge in [0.1, 0.15) is 5.54 Å². The van der Waals surface area contributed by atoms with Crippen LogP contribution in [-0.2, 0) is 14.3 Å². The van der Waals surface area contributed by atoms with E-state index in [1.165, 1.54) is 0 Å². The Morgan fingerprint density at radius 3 is 2.53 bits per heavy atom. The first-order chi connectivity index (χ1) is 15.3. The van der Waals surface area contributed by atoms with Crippen molar-refractivity contribution in [2.75, 3.05) is 38.8 Å². The van der Waals surface area contributed by atoms with E-state index in [9.17, 15) is 14.4 Å². The molecule has 0 unspecified atom stereocenters. The van der Waals surface area contributed by atoms with Gasteiger partial charge in [0.25, 0.3) is 11.8 Å². The van der Waals surface area contributed by atoms with Crippen molar-refractivity contribution < 1.29 is 19.1 Å². The van der Waals surface area contributed by atoms with Crippen molar-refractivity contribution in [1.29, 1.82) is 0 Å². The first-order valence-electron chi connectivity index (χ1n) is 10.5. The van der Waals surface area contributed by atoms with Gasteiger partial charge in [0.2, 0.25) is 5.91 Å². The highest BCUT2D eigenvalue weighted by Crippen LogP contribution is 2.53. The van der Waals surface area contributed by atoms with Gasteiger partial charge in [-0.05, 0) is 42.8 Å². The van der Waals surface area contributed by atoms with Crippen molar-refractivity contribution in [3.63, 3.8) is 0 Å². The van der Waals surface area contributed by atoms with Crippen LogP contribution in [0.4, 0.5) is 5.69 Å². The van der Waals surface area contributed by atoms with Gasteiger partial charge in [-0.25, -0.2) is 0 Å². The number of halogens is 1. The van der Waals surface area contributed by atoms with Gasteiger partial charge in [0.05, 0.1) is 12.5 Å². The molecule has 2 heterocycles. The van der Waals surface area contributed by atoms with E-state index < -0.39 is 17.4 Å². The van der Waals surface area contributed by atoms with Gasteiger partial charge in [-0.15, -0.1) is 0 Å². The molecule has 168 valence electrons. The van der Waals surface area contributed by atoms with E-state index in [0.29, 0.717) is 23.7 Å². The summed E-state index contributed by atoms with van der Waals surface area (Å²) in [6.07, 6.45) is 0. The highest BCUT2D eigenvalue weighted by Gasteiger charge is 2.63. The number of nitrogens with one attached hydrogen (secondary N) is 1. The number of anilines is 1. The molecule has 7 nitrogen and oxygen atoms in total. The molecular formula is C24H26ClN3O4. The lowest BCUT2D eigenvalue weighted by molar-refractivity contribution is -0.129. The number of hydrogen-bond acceptors (Lipinski definition) is 4. The summed E-state index contributed by atoms with van der Waals surface area (Å²) in [6.45, 7) is 2.61. The van der Waals surface area contributed by atoms with E-state index in [2.05, 4.69) is 5.32 Å². The van der Waals surface area contributed by atoms with Gasteiger partial charge in [-0.3, -0.25) is 14.4 Å². The summed E-state index contributed by atoms with van der Waals surface area (Å²) in [5.41, 5.74) is 0.829. The van der Waals surface area contributed by atoms with Crippen LogP contribution in [0.5, 0.6) is 0 Å². The number of fused-ring (bicyclic) bond motifs is 3. The van der Waals surface area contributed by atoms with Crippen molar-refractivity contribution in [1.82, 2.24) is 10.2 Å². The maximum Gasteiger partial charge on any atom is 0.254 e. The fourth-order valence-electron chi connectivity index (χ4n) is 5.06. The van der Waals surface area contributed by atoms with Crippen molar-refractivity contribution in [2.45, 2.75) is 18.4 Å². The van der Waals surface area contributed by atoms with E-state index in [-0.39, 0.29) is 24.3 Å². The van der Waals surface area contributed by atoms with E-state index in [1.807, 2.05) is 24.3 Å². The van der Waals surface area contributed by atoms with Gasteiger partial charge in [-0.2, -0.15) is 0 Å². The molecule has 0 aliphatic carbocycles. The fourth-order valence-corrected chi connectivity index (χ4v) is 5.19. The van der Waals surface area contributed by atoms with Crippen molar-refractivity contribution in [3.05, 3.63) is 64.7 Å². The first kappa shape index (κ1) is 22.3. The molecule has 2 aliphatic rings. The Morgan fingerprint density at radius 1 is 1.19 bits per heavy atom. The van der Waals surface area contributed by atoms with E-state index in [0.717, 1.165) is 11.3 Å². The third kappa shape index (κ3) is 3.36. The molecule has 3 amide bonds. The summed E-state index contributed by atoms with van der Waals surface area (Å²) >= 11 is 5.99. The average Bonchev–Trinajstić information content (AvgIpc) is 3.13. The Labute approximate surface area is 192 Å². The maximum atomic E-state index is 14.0. The topological polar surface area (TPSA) is 79.0 Å². The number of ether oxygens (including phenoxy) is 1. The second kappa shape index (κ2) is 8.56. The molecule has 0 aromatic heterocycles. The lowest BCUT2D eigenvalue weighted by Gasteiger charge is -2.46. The van der Waals surface area contributed by atoms with Gasteiger partial charge < -0.3 is 19.9 Å². The van der Waals surface area contributed by atoms with Crippen molar-refractivity contribution in [2.24, 2.45) is 5.92 Å². The molecule has 1 saturated heterocycles. The lowest BCUT2D eigenvalue weighted by Crippen LogP contribution is -2.62. The lowest BCUT2D eigenvalue weighted by atomic mass is 9.71. The molecule has 2 aromatic rings. The third-order valence-corrected chi connectivity index (χ3v) is 6.88. The molecule has 2 aromatic carbocycles. The summed E-state index contributed by atoms with van der Waals surface area (Å²) in [6, 6.07) is 14.2. The predicted octanol–water partition coefficient (Wildman–Crippen LogP) is 2.69. The van der Waals surface area contributed by atoms with Crippen LogP contribution in [0, 0.1) is 5.92 Å². The van der Waals surface area contributed by atoms with Crippen LogP contribution in [0.1, 0.15) is 28.8 Å². The van der Waals surface area contributed by atoms with Crippen LogP contribution in [0.3, 0.4) is 0 Å². The first-order valence-corrected chi connectivity index (χ1v) is 10.9. The van der Waals surface area contributed by atoms with Crippen LogP contribution in [0.25, 0.3) is 0 Å². The number of carbonyl (C=O) groups is 3. The number of amides is 3. The molecule has 1 fully saturated rings. The third-order valence-electron chi connectivity index (χ3n) is 6.63. The molecule has 0 spiro atoms. The summed E-state index contributed by atoms with van der Waals surface area (Å²) in [7, 11) is 3.16. The number of hydrogen-bond donors (Lipinski definition) is 1. The highest BCUT2D eigenvalue weighted by atomic mass is 35.5. The molecule has 0 radical (unpaired) electrons. The zero-order chi connectivity index (χ0) is 23.0. The normalized spacial score (nSPS) is 24.2. The number of nitrogens with zero attached hydrogens (tertiary/aromatic N) is 2. The quantitative estimate of drug-likeness (QED) is 0.751. The van der Waals surface area contributed by atoms with E-state index in [1.54, 1.807) is 55.1 Å². The van der Waals surface area contributed by atoms with Crippen LogP contribution < -0.4 is 10.2 Å². The van der Waals surface area contributed by atoms with Gasteiger partial charge in [0.15, 0.2) is 0 Å². The second-order valence-corrected chi connectivity index (χ2v) is 8.71. The van der Waals surface area contributed by atoms with Gasteiger partial charge >= 0.3 is 0 Å². The van der Waals surface area contributed by atoms with Crippen LogP contribution in [0.2, 0.25) is 5.02 Å². The summed E-state index contributed by atoms with van der Waals surface area (Å²) < 4.78 is 5.23. The molecule has 2 aliphatic heterocycles. The monoisotopic (exact) mass is 455 g/mol. The molecular weight excluding hydrogens is 430 g/mol. The minimum Gasteiger partial charge on any atom is -0.383 e. The van der Waals surface area contributed by atoms with Gasteiger partial charge in [0, 0.05) is 49.4 Å². The molecule has 1 N–H and O–H groups in total. The van der Waals surface area contributed by atoms with Crippen LogP contribution in [-0.4, -0.2) is 62.0 Å². The van der Waals surface area contributed by atoms with Crippen LogP contribution in [0.15, 0.2) is 48.5 Å². The standard InChI is InChI=1S/C24H26ClN3O4/c1-24-20(17-6-4-5-7-19(17)27(23(24)31)12-13-32-3)18(21(29)26-2)14-28(24)22(30)15-8-10-16(25)11-9-15/h4-11,18,20H,12-14H2,1-3H3,(H,26,29)/t18-,20+,24-/m0/s1. The molecule has 0 bridgehead atoms. The molecule has 32 heavy (non-hydrogen) atoms. The predicted molar refractivity (Wildman–Crippen MR) is 122 cm³/mol. The highest BCUT2D eigenvalue weighted by molar-refractivity contribution is 6.30. The Morgan fingerprint density at radius 2 is 1.88 bits per heavy atom. The van der Waals surface area contributed by atoms with E-state index >= 15 is 0 Å². The smallest absolute Gasteiger partial charge is 0.254 e. The Hall–Kier alpha value is -2.90. The summed E-state index contributed by atoms with van der Waals surface area (Å²) in [5.74, 6) is -1.75. The summed E-state index contributed by atoms with van der Waals surface area (Å²) in [5, 5.41) is 3.23. The van der Waals surface area contributed by atoms with E-state index in [4.69, 9.17) is 16.3 Å². The number of carbonyl (C=O) groups excluding carboxylic acids is 3. The SMILES string of the molecule is CNC(=O)[C@H]1CN(C(=O)c2ccc(Cl)cc2)[C@]2(C)C(=O)N(CCOC)c3ccccc3[C@H]12. The van der Waals surface area contributed by atoms with Crippen molar-refractivity contribution in [3.8, 4) is 0 Å². The molecule has 0 saturated carbocycles.